The Morgan fingerprint density at radius 2 is 2.43 bits per heavy atom. The van der Waals surface area contributed by atoms with Gasteiger partial charge in [-0.3, -0.25) is 14.8 Å². The van der Waals surface area contributed by atoms with E-state index < -0.39 is 16.6 Å². The molecule has 1 rings (SSSR count). The number of hydrogen-bond donors (Lipinski definition) is 1. The van der Waals surface area contributed by atoms with Crippen LogP contribution in [0.25, 0.3) is 0 Å². The molecule has 0 aliphatic heterocycles. The fraction of sp³-hybridized carbons (Fsp3) is 0.429. The molecule has 0 amide bonds. The zero-order chi connectivity index (χ0) is 10.7. The minimum atomic E-state index is -1.33. The van der Waals surface area contributed by atoms with Crippen molar-refractivity contribution in [3.8, 4) is 0 Å². The van der Waals surface area contributed by atoms with Crippen molar-refractivity contribution in [2.45, 2.75) is 19.9 Å². The zero-order valence-corrected chi connectivity index (χ0v) is 7.51. The molecule has 0 saturated carbocycles. The molecule has 0 saturated heterocycles. The Bertz CT molecular complexity index is 371. The van der Waals surface area contributed by atoms with Crippen LogP contribution in [0.2, 0.25) is 0 Å². The Hall–Kier alpha value is -1.92. The Kier molecular flexibility index (Phi) is 2.80. The Morgan fingerprint density at radius 3 is 2.86 bits per heavy atom. The highest BCUT2D eigenvalue weighted by Crippen LogP contribution is 2.17. The number of rotatable bonds is 4. The van der Waals surface area contributed by atoms with Gasteiger partial charge in [-0.15, -0.1) is 0 Å². The van der Waals surface area contributed by atoms with Crippen LogP contribution in [0.4, 0.5) is 5.69 Å². The summed E-state index contributed by atoms with van der Waals surface area (Å²) in [6, 6.07) is 0. The van der Waals surface area contributed by atoms with Gasteiger partial charge in [0.2, 0.25) is 5.69 Å². The van der Waals surface area contributed by atoms with Gasteiger partial charge in [0.1, 0.15) is 6.20 Å². The van der Waals surface area contributed by atoms with Crippen LogP contribution < -0.4 is 0 Å². The van der Waals surface area contributed by atoms with E-state index in [1.165, 1.54) is 0 Å². The first-order valence-electron chi connectivity index (χ1n) is 4.01. The molecule has 0 aliphatic carbocycles. The fourth-order valence-electron chi connectivity index (χ4n) is 1.11. The molecule has 1 heterocycles. The molecule has 0 radical (unpaired) electrons. The third-order valence-corrected chi connectivity index (χ3v) is 1.65. The maximum atomic E-state index is 10.7. The van der Waals surface area contributed by atoms with Crippen LogP contribution >= 0.6 is 0 Å². The van der Waals surface area contributed by atoms with E-state index in [2.05, 4.69) is 5.10 Å². The minimum absolute atomic E-state index is 0.357. The summed E-state index contributed by atoms with van der Waals surface area (Å²) in [7, 11) is 0. The number of nitro groups is 1. The van der Waals surface area contributed by atoms with Crippen molar-refractivity contribution in [2.24, 2.45) is 0 Å². The first-order chi connectivity index (χ1) is 6.57. The molecule has 0 bridgehead atoms. The number of aromatic carboxylic acids is 1. The quantitative estimate of drug-likeness (QED) is 0.573. The van der Waals surface area contributed by atoms with E-state index >= 15 is 0 Å². The molecular formula is C7H9N3O4. The maximum Gasteiger partial charge on any atom is 0.361 e. The SMILES string of the molecule is CCCn1ncc([N+](=O)[O-])c1C(=O)O. The van der Waals surface area contributed by atoms with E-state index in [-0.39, 0.29) is 5.69 Å². The predicted molar refractivity (Wildman–Crippen MR) is 46.1 cm³/mol. The second-order valence-electron chi connectivity index (χ2n) is 2.66. The largest absolute Gasteiger partial charge is 0.476 e. The molecule has 1 aromatic rings. The lowest BCUT2D eigenvalue weighted by atomic mass is 10.3. The number of aromatic nitrogens is 2. The van der Waals surface area contributed by atoms with Crippen molar-refractivity contribution >= 4 is 11.7 Å². The van der Waals surface area contributed by atoms with Gasteiger partial charge >= 0.3 is 11.7 Å². The monoisotopic (exact) mass is 199 g/mol. The normalized spacial score (nSPS) is 10.1. The third kappa shape index (κ3) is 1.70. The van der Waals surface area contributed by atoms with Crippen molar-refractivity contribution in [1.82, 2.24) is 9.78 Å². The van der Waals surface area contributed by atoms with Gasteiger partial charge < -0.3 is 5.11 Å². The van der Waals surface area contributed by atoms with Gasteiger partial charge in [0, 0.05) is 6.54 Å². The molecule has 0 aromatic carbocycles. The number of aryl methyl sites for hydroxylation is 1. The van der Waals surface area contributed by atoms with Gasteiger partial charge in [-0.25, -0.2) is 4.79 Å². The van der Waals surface area contributed by atoms with Gasteiger partial charge in [-0.05, 0) is 6.42 Å². The summed E-state index contributed by atoms with van der Waals surface area (Å²) >= 11 is 0. The number of nitrogens with zero attached hydrogens (tertiary/aromatic N) is 3. The molecule has 1 aromatic heterocycles. The van der Waals surface area contributed by atoms with E-state index in [1.54, 1.807) is 0 Å². The lowest BCUT2D eigenvalue weighted by molar-refractivity contribution is -0.385. The summed E-state index contributed by atoms with van der Waals surface area (Å²) in [6.45, 7) is 2.19. The van der Waals surface area contributed by atoms with Gasteiger partial charge in [-0.1, -0.05) is 6.92 Å². The average molecular weight is 199 g/mol. The zero-order valence-electron chi connectivity index (χ0n) is 7.51. The van der Waals surface area contributed by atoms with Crippen LogP contribution in [-0.2, 0) is 6.54 Å². The molecule has 7 nitrogen and oxygen atoms in total. The van der Waals surface area contributed by atoms with Crippen molar-refractivity contribution < 1.29 is 14.8 Å². The van der Waals surface area contributed by atoms with Gasteiger partial charge in [0.15, 0.2) is 0 Å². The van der Waals surface area contributed by atoms with Crippen LogP contribution in [0.1, 0.15) is 23.8 Å². The Balaban J connectivity index is 3.20. The summed E-state index contributed by atoms with van der Waals surface area (Å²) in [4.78, 5) is 20.4. The minimum Gasteiger partial charge on any atom is -0.476 e. The van der Waals surface area contributed by atoms with Gasteiger partial charge in [0.25, 0.3) is 0 Å². The molecule has 7 heteroatoms. The Labute approximate surface area is 79.1 Å². The smallest absolute Gasteiger partial charge is 0.361 e. The highest BCUT2D eigenvalue weighted by Gasteiger charge is 2.25. The average Bonchev–Trinajstić information content (AvgIpc) is 2.48. The molecule has 0 aliphatic rings. The van der Waals surface area contributed by atoms with Crippen molar-refractivity contribution in [1.29, 1.82) is 0 Å². The van der Waals surface area contributed by atoms with Crippen LogP contribution in [0.15, 0.2) is 6.20 Å². The number of carbonyl (C=O) groups is 1. The summed E-state index contributed by atoms with van der Waals surface area (Å²) in [6.07, 6.45) is 1.62. The standard InChI is InChI=1S/C7H9N3O4/c1-2-3-9-6(7(11)12)5(4-8-9)10(13)14/h4H,2-3H2,1H3,(H,11,12). The Morgan fingerprint density at radius 1 is 1.79 bits per heavy atom. The highest BCUT2D eigenvalue weighted by molar-refractivity contribution is 5.90. The first-order valence-corrected chi connectivity index (χ1v) is 4.01. The summed E-state index contributed by atoms with van der Waals surface area (Å²) in [5.74, 6) is -1.33. The topological polar surface area (TPSA) is 98.3 Å². The van der Waals surface area contributed by atoms with E-state index in [0.29, 0.717) is 13.0 Å². The van der Waals surface area contributed by atoms with E-state index in [4.69, 9.17) is 5.11 Å². The van der Waals surface area contributed by atoms with E-state index in [1.807, 2.05) is 6.92 Å². The predicted octanol–water partition coefficient (Wildman–Crippen LogP) is 0.899. The molecule has 0 atom stereocenters. The number of carboxylic acid groups (broad SMARTS) is 1. The van der Waals surface area contributed by atoms with Crippen LogP contribution in [0.3, 0.4) is 0 Å². The van der Waals surface area contributed by atoms with Crippen LogP contribution in [0, 0.1) is 10.1 Å². The lowest BCUT2D eigenvalue weighted by Gasteiger charge is -1.99. The van der Waals surface area contributed by atoms with Gasteiger partial charge in [-0.2, -0.15) is 5.10 Å². The molecule has 0 unspecified atom stereocenters. The summed E-state index contributed by atoms with van der Waals surface area (Å²) in [5, 5.41) is 22.8. The second kappa shape index (κ2) is 3.86. The van der Waals surface area contributed by atoms with Crippen LogP contribution in [-0.4, -0.2) is 25.8 Å². The highest BCUT2D eigenvalue weighted by atomic mass is 16.6. The van der Waals surface area contributed by atoms with Crippen molar-refractivity contribution in [2.75, 3.05) is 0 Å². The third-order valence-electron chi connectivity index (χ3n) is 1.65. The van der Waals surface area contributed by atoms with Gasteiger partial charge in [0.05, 0.1) is 4.92 Å². The molecule has 1 N–H and O–H groups in total. The van der Waals surface area contributed by atoms with Crippen molar-refractivity contribution in [3.63, 3.8) is 0 Å². The first kappa shape index (κ1) is 10.2. The summed E-state index contributed by atoms with van der Waals surface area (Å²) in [5.41, 5.74) is -0.831. The lowest BCUT2D eigenvalue weighted by Crippen LogP contribution is -2.11. The number of carboxylic acids is 1. The molecule has 14 heavy (non-hydrogen) atoms. The van der Waals surface area contributed by atoms with E-state index in [9.17, 15) is 14.9 Å². The molecular weight excluding hydrogens is 190 g/mol. The number of hydrogen-bond acceptors (Lipinski definition) is 4. The summed E-state index contributed by atoms with van der Waals surface area (Å²) < 4.78 is 1.13. The maximum absolute atomic E-state index is 10.7. The van der Waals surface area contributed by atoms with Crippen molar-refractivity contribution in [3.05, 3.63) is 22.0 Å². The molecule has 0 fully saturated rings. The van der Waals surface area contributed by atoms with E-state index in [0.717, 1.165) is 10.9 Å². The molecule has 76 valence electrons. The second-order valence-corrected chi connectivity index (χ2v) is 2.66. The molecule has 0 spiro atoms. The fourth-order valence-corrected chi connectivity index (χ4v) is 1.11. The van der Waals surface area contributed by atoms with Crippen LogP contribution in [0.5, 0.6) is 0 Å².